The summed E-state index contributed by atoms with van der Waals surface area (Å²) in [5.41, 5.74) is 4.30. The lowest BCUT2D eigenvalue weighted by molar-refractivity contribution is -0.119. The Bertz CT molecular complexity index is 923. The molecule has 2 aromatic heterocycles. The van der Waals surface area contributed by atoms with Crippen LogP contribution >= 0.6 is 11.8 Å². The molecule has 1 amide bonds. The van der Waals surface area contributed by atoms with E-state index in [0.717, 1.165) is 17.1 Å². The third-order valence-corrected chi connectivity index (χ3v) is 5.26. The number of nitrogens with zero attached hydrogens (tertiary/aromatic N) is 4. The second-order valence-electron chi connectivity index (χ2n) is 6.02. The molecule has 26 heavy (non-hydrogen) atoms. The Hall–Kier alpha value is -2.67. The van der Waals surface area contributed by atoms with Crippen LogP contribution in [0.3, 0.4) is 0 Å². The number of amides is 1. The van der Waals surface area contributed by atoms with Gasteiger partial charge in [0.25, 0.3) is 0 Å². The van der Waals surface area contributed by atoms with Crippen molar-refractivity contribution in [2.75, 3.05) is 7.05 Å². The van der Waals surface area contributed by atoms with Gasteiger partial charge in [0.15, 0.2) is 11.0 Å². The first-order valence-corrected chi connectivity index (χ1v) is 9.21. The fraction of sp³-hybridized carbons (Fsp3) is 0.263. The molecule has 0 saturated carbocycles. The van der Waals surface area contributed by atoms with E-state index in [1.165, 1.54) is 22.9 Å². The monoisotopic (exact) mass is 367 g/mol. The molecule has 2 heterocycles. The van der Waals surface area contributed by atoms with Crippen molar-refractivity contribution in [2.24, 2.45) is 0 Å². The third kappa shape index (κ3) is 3.62. The van der Waals surface area contributed by atoms with Crippen LogP contribution in [0.15, 0.2) is 47.9 Å². The highest BCUT2D eigenvalue weighted by atomic mass is 32.2. The van der Waals surface area contributed by atoms with E-state index in [1.807, 2.05) is 29.7 Å². The molecule has 1 aromatic carbocycles. The van der Waals surface area contributed by atoms with Gasteiger partial charge in [-0.2, -0.15) is 0 Å². The minimum atomic E-state index is -0.278. The van der Waals surface area contributed by atoms with Gasteiger partial charge < -0.3 is 5.32 Å². The second-order valence-corrected chi connectivity index (χ2v) is 7.33. The van der Waals surface area contributed by atoms with Gasteiger partial charge in [0.2, 0.25) is 5.91 Å². The average molecular weight is 367 g/mol. The maximum absolute atomic E-state index is 11.9. The number of nitrogens with one attached hydrogen (secondary N) is 1. The van der Waals surface area contributed by atoms with Gasteiger partial charge in [-0.05, 0) is 56.2 Å². The van der Waals surface area contributed by atoms with Crippen molar-refractivity contribution in [3.8, 4) is 17.1 Å². The fourth-order valence-corrected chi connectivity index (χ4v) is 3.47. The van der Waals surface area contributed by atoms with Gasteiger partial charge in [0.05, 0.1) is 10.9 Å². The normalized spacial score (nSPS) is 12.0. The van der Waals surface area contributed by atoms with E-state index < -0.39 is 0 Å². The molecule has 1 atom stereocenters. The molecule has 1 unspecified atom stereocenters. The van der Waals surface area contributed by atoms with Gasteiger partial charge in [-0.1, -0.05) is 17.8 Å². The molecule has 0 radical (unpaired) electrons. The number of aryl methyl sites for hydroxylation is 2. The molecule has 0 aliphatic heterocycles. The molecule has 1 N–H and O–H groups in total. The number of thioether (sulfide) groups is 1. The van der Waals surface area contributed by atoms with Crippen molar-refractivity contribution in [2.45, 2.75) is 31.2 Å². The van der Waals surface area contributed by atoms with Crippen LogP contribution in [0.4, 0.5) is 0 Å². The maximum Gasteiger partial charge on any atom is 0.233 e. The van der Waals surface area contributed by atoms with E-state index in [-0.39, 0.29) is 11.2 Å². The van der Waals surface area contributed by atoms with Crippen LogP contribution < -0.4 is 5.32 Å². The van der Waals surface area contributed by atoms with Gasteiger partial charge in [0, 0.05) is 25.0 Å². The molecule has 3 rings (SSSR count). The summed E-state index contributed by atoms with van der Waals surface area (Å²) in [5.74, 6) is 0.678. The number of carbonyl (C=O) groups is 1. The predicted molar refractivity (Wildman–Crippen MR) is 103 cm³/mol. The van der Waals surface area contributed by atoms with Crippen molar-refractivity contribution < 1.29 is 4.79 Å². The summed E-state index contributed by atoms with van der Waals surface area (Å²) in [4.78, 5) is 16.0. The Labute approximate surface area is 157 Å². The first kappa shape index (κ1) is 18.1. The van der Waals surface area contributed by atoms with Crippen LogP contribution in [0, 0.1) is 13.8 Å². The Morgan fingerprint density at radius 3 is 2.50 bits per heavy atom. The van der Waals surface area contributed by atoms with Gasteiger partial charge >= 0.3 is 0 Å². The maximum atomic E-state index is 11.9. The fourth-order valence-electron chi connectivity index (χ4n) is 2.55. The summed E-state index contributed by atoms with van der Waals surface area (Å²) in [6.45, 7) is 6.02. The van der Waals surface area contributed by atoms with E-state index in [1.54, 1.807) is 19.4 Å². The van der Waals surface area contributed by atoms with Crippen LogP contribution in [0.25, 0.3) is 17.1 Å². The van der Waals surface area contributed by atoms with Crippen molar-refractivity contribution in [3.05, 3.63) is 53.9 Å². The van der Waals surface area contributed by atoms with E-state index in [2.05, 4.69) is 46.5 Å². The van der Waals surface area contributed by atoms with Crippen LogP contribution in [-0.2, 0) is 4.79 Å². The number of hydrogen-bond donors (Lipinski definition) is 1. The standard InChI is InChI=1S/C19H21N5OS/c1-12-5-6-16(11-13(12)2)24-17(15-7-9-21-10-8-15)22-23-19(24)26-14(3)18(25)20-4/h5-11,14H,1-4H3,(H,20,25). The van der Waals surface area contributed by atoms with Crippen molar-refractivity contribution in [1.29, 1.82) is 0 Å². The van der Waals surface area contributed by atoms with Crippen LogP contribution in [0.1, 0.15) is 18.1 Å². The van der Waals surface area contributed by atoms with Crippen molar-refractivity contribution in [1.82, 2.24) is 25.1 Å². The first-order chi connectivity index (χ1) is 12.5. The van der Waals surface area contributed by atoms with Crippen molar-refractivity contribution >= 4 is 17.7 Å². The SMILES string of the molecule is CNC(=O)C(C)Sc1nnc(-c2ccncc2)n1-c1ccc(C)c(C)c1. The predicted octanol–water partition coefficient (Wildman–Crippen LogP) is 3.17. The number of benzene rings is 1. The lowest BCUT2D eigenvalue weighted by atomic mass is 10.1. The molecule has 0 aliphatic carbocycles. The smallest absolute Gasteiger partial charge is 0.233 e. The van der Waals surface area contributed by atoms with Gasteiger partial charge in [-0.3, -0.25) is 14.3 Å². The number of rotatable bonds is 5. The molecule has 0 aliphatic rings. The Morgan fingerprint density at radius 2 is 1.85 bits per heavy atom. The molecule has 3 aromatic rings. The van der Waals surface area contributed by atoms with E-state index in [0.29, 0.717) is 5.16 Å². The average Bonchev–Trinajstić information content (AvgIpc) is 3.07. The number of pyridine rings is 1. The summed E-state index contributed by atoms with van der Waals surface area (Å²) >= 11 is 1.38. The number of aromatic nitrogens is 4. The van der Waals surface area contributed by atoms with E-state index in [9.17, 15) is 4.79 Å². The minimum Gasteiger partial charge on any atom is -0.358 e. The molecular formula is C19H21N5OS. The zero-order valence-corrected chi connectivity index (χ0v) is 16.0. The zero-order chi connectivity index (χ0) is 18.7. The topological polar surface area (TPSA) is 72.7 Å². The third-order valence-electron chi connectivity index (χ3n) is 4.22. The largest absolute Gasteiger partial charge is 0.358 e. The quantitative estimate of drug-likeness (QED) is 0.701. The van der Waals surface area contributed by atoms with Crippen LogP contribution in [0.2, 0.25) is 0 Å². The first-order valence-electron chi connectivity index (χ1n) is 8.33. The minimum absolute atomic E-state index is 0.0462. The van der Waals surface area contributed by atoms with Crippen LogP contribution in [0.5, 0.6) is 0 Å². The molecule has 7 heteroatoms. The highest BCUT2D eigenvalue weighted by molar-refractivity contribution is 8.00. The summed E-state index contributed by atoms with van der Waals surface area (Å²) < 4.78 is 1.99. The van der Waals surface area contributed by atoms with Gasteiger partial charge in [-0.15, -0.1) is 10.2 Å². The second kappa shape index (κ2) is 7.70. The molecular weight excluding hydrogens is 346 g/mol. The Morgan fingerprint density at radius 1 is 1.12 bits per heavy atom. The van der Waals surface area contributed by atoms with Crippen molar-refractivity contribution in [3.63, 3.8) is 0 Å². The number of carbonyl (C=O) groups excluding carboxylic acids is 1. The van der Waals surface area contributed by atoms with Gasteiger partial charge in [0.1, 0.15) is 0 Å². The zero-order valence-electron chi connectivity index (χ0n) is 15.2. The van der Waals surface area contributed by atoms with Crippen LogP contribution in [-0.4, -0.2) is 38.0 Å². The highest BCUT2D eigenvalue weighted by Gasteiger charge is 2.21. The highest BCUT2D eigenvalue weighted by Crippen LogP contribution is 2.30. The Kier molecular flexibility index (Phi) is 5.37. The molecule has 0 bridgehead atoms. The molecule has 0 spiro atoms. The van der Waals surface area contributed by atoms with E-state index >= 15 is 0 Å². The van der Waals surface area contributed by atoms with Gasteiger partial charge in [-0.25, -0.2) is 0 Å². The summed E-state index contributed by atoms with van der Waals surface area (Å²) in [5, 5.41) is 11.8. The lowest BCUT2D eigenvalue weighted by Crippen LogP contribution is -2.27. The molecule has 0 fully saturated rings. The lowest BCUT2D eigenvalue weighted by Gasteiger charge is -2.14. The summed E-state index contributed by atoms with van der Waals surface area (Å²) in [6, 6.07) is 10.0. The molecule has 0 saturated heterocycles. The summed E-state index contributed by atoms with van der Waals surface area (Å²) in [7, 11) is 1.63. The Balaban J connectivity index is 2.12. The molecule has 6 nitrogen and oxygen atoms in total. The number of hydrogen-bond acceptors (Lipinski definition) is 5. The summed E-state index contributed by atoms with van der Waals surface area (Å²) in [6.07, 6.45) is 3.46. The van der Waals surface area contributed by atoms with E-state index in [4.69, 9.17) is 0 Å². The molecule has 134 valence electrons.